The summed E-state index contributed by atoms with van der Waals surface area (Å²) >= 11 is 3.50. The number of carbonyl (C=O) groups is 2. The van der Waals surface area contributed by atoms with E-state index in [9.17, 15) is 9.59 Å². The second kappa shape index (κ2) is 10.1. The van der Waals surface area contributed by atoms with Crippen LogP contribution in [-0.2, 0) is 20.9 Å². The summed E-state index contributed by atoms with van der Waals surface area (Å²) in [6.45, 7) is 6.81. The van der Waals surface area contributed by atoms with Crippen molar-refractivity contribution in [3.8, 4) is 5.75 Å². The Hall–Kier alpha value is -1.82. The predicted octanol–water partition coefficient (Wildman–Crippen LogP) is 3.71. The molecule has 0 bridgehead atoms. The minimum atomic E-state index is -0.466. The van der Waals surface area contributed by atoms with Crippen molar-refractivity contribution in [1.82, 2.24) is 4.90 Å². The minimum absolute atomic E-state index is 0.1000. The second-order valence-electron chi connectivity index (χ2n) is 5.39. The van der Waals surface area contributed by atoms with E-state index in [0.717, 1.165) is 28.6 Å². The zero-order chi connectivity index (χ0) is 18.1. The van der Waals surface area contributed by atoms with Gasteiger partial charge in [0.05, 0.1) is 20.6 Å². The number of hydrogen-bond donors (Lipinski definition) is 0. The molecule has 0 aliphatic heterocycles. The van der Waals surface area contributed by atoms with Gasteiger partial charge in [-0.05, 0) is 30.2 Å². The standard InChI is InChI=1S/C18H24BrNO4/c1-5-6-9-20(18(22)13(2)10-17(21)24-4)12-14-11-15(23-3)7-8-16(14)19/h7-8,11H,2,5-6,9-10,12H2,1,3-4H3. The Morgan fingerprint density at radius 1 is 1.29 bits per heavy atom. The zero-order valence-corrected chi connectivity index (χ0v) is 16.0. The smallest absolute Gasteiger partial charge is 0.310 e. The van der Waals surface area contributed by atoms with E-state index in [2.05, 4.69) is 34.2 Å². The van der Waals surface area contributed by atoms with Gasteiger partial charge in [-0.1, -0.05) is 35.9 Å². The first kappa shape index (κ1) is 20.2. The summed E-state index contributed by atoms with van der Waals surface area (Å²) in [6.07, 6.45) is 1.74. The molecule has 1 rings (SSSR count). The number of hydrogen-bond acceptors (Lipinski definition) is 4. The van der Waals surface area contributed by atoms with Gasteiger partial charge >= 0.3 is 5.97 Å². The number of amides is 1. The summed E-state index contributed by atoms with van der Waals surface area (Å²) < 4.78 is 10.7. The van der Waals surface area contributed by atoms with Crippen LogP contribution in [0.1, 0.15) is 31.7 Å². The van der Waals surface area contributed by atoms with Crippen molar-refractivity contribution >= 4 is 27.8 Å². The largest absolute Gasteiger partial charge is 0.497 e. The molecule has 0 atom stereocenters. The molecular weight excluding hydrogens is 374 g/mol. The van der Waals surface area contributed by atoms with Crippen molar-refractivity contribution in [3.63, 3.8) is 0 Å². The van der Waals surface area contributed by atoms with E-state index in [1.165, 1.54) is 7.11 Å². The highest BCUT2D eigenvalue weighted by atomic mass is 79.9. The molecule has 1 aromatic carbocycles. The summed E-state index contributed by atoms with van der Waals surface area (Å²) in [7, 11) is 2.90. The van der Waals surface area contributed by atoms with Crippen LogP contribution in [0.3, 0.4) is 0 Å². The summed E-state index contributed by atoms with van der Waals surface area (Å²) in [6, 6.07) is 5.63. The molecule has 0 aromatic heterocycles. The quantitative estimate of drug-likeness (QED) is 0.470. The number of methoxy groups -OCH3 is 2. The van der Waals surface area contributed by atoms with E-state index in [4.69, 9.17) is 4.74 Å². The molecule has 0 heterocycles. The van der Waals surface area contributed by atoms with E-state index in [0.29, 0.717) is 13.1 Å². The van der Waals surface area contributed by atoms with Crippen molar-refractivity contribution in [2.75, 3.05) is 20.8 Å². The lowest BCUT2D eigenvalue weighted by Gasteiger charge is -2.24. The van der Waals surface area contributed by atoms with Gasteiger partial charge in [0.2, 0.25) is 5.91 Å². The molecular formula is C18H24BrNO4. The summed E-state index contributed by atoms with van der Waals surface area (Å²) in [5.74, 6) is 0.0272. The van der Waals surface area contributed by atoms with Crippen LogP contribution in [0.25, 0.3) is 0 Å². The highest BCUT2D eigenvalue weighted by molar-refractivity contribution is 9.10. The number of esters is 1. The fourth-order valence-corrected chi connectivity index (χ4v) is 2.52. The molecule has 0 spiro atoms. The molecule has 0 saturated heterocycles. The van der Waals surface area contributed by atoms with E-state index >= 15 is 0 Å². The normalized spacial score (nSPS) is 10.2. The molecule has 5 nitrogen and oxygen atoms in total. The van der Waals surface area contributed by atoms with E-state index < -0.39 is 5.97 Å². The monoisotopic (exact) mass is 397 g/mol. The Bertz CT molecular complexity index is 601. The van der Waals surface area contributed by atoms with Crippen LogP contribution in [0.5, 0.6) is 5.75 Å². The average Bonchev–Trinajstić information content (AvgIpc) is 2.59. The Morgan fingerprint density at radius 2 is 2.00 bits per heavy atom. The topological polar surface area (TPSA) is 55.8 Å². The number of unbranched alkanes of at least 4 members (excludes halogenated alkanes) is 1. The molecule has 1 amide bonds. The van der Waals surface area contributed by atoms with Crippen LogP contribution < -0.4 is 4.74 Å². The van der Waals surface area contributed by atoms with Gasteiger partial charge in [-0.25, -0.2) is 0 Å². The third-order valence-corrected chi connectivity index (χ3v) is 4.34. The molecule has 24 heavy (non-hydrogen) atoms. The highest BCUT2D eigenvalue weighted by Gasteiger charge is 2.20. The van der Waals surface area contributed by atoms with E-state index in [1.807, 2.05) is 18.2 Å². The summed E-state index contributed by atoms with van der Waals surface area (Å²) in [5.41, 5.74) is 1.17. The van der Waals surface area contributed by atoms with Gasteiger partial charge in [-0.2, -0.15) is 0 Å². The van der Waals surface area contributed by atoms with Gasteiger partial charge in [-0.15, -0.1) is 0 Å². The molecule has 0 fully saturated rings. The van der Waals surface area contributed by atoms with Crippen LogP contribution in [0, 0.1) is 0 Å². The summed E-state index contributed by atoms with van der Waals surface area (Å²) in [5, 5.41) is 0. The van der Waals surface area contributed by atoms with Crippen molar-refractivity contribution in [3.05, 3.63) is 40.4 Å². The van der Waals surface area contributed by atoms with E-state index in [-0.39, 0.29) is 17.9 Å². The fraction of sp³-hybridized carbons (Fsp3) is 0.444. The maximum absolute atomic E-state index is 12.6. The maximum atomic E-state index is 12.6. The second-order valence-corrected chi connectivity index (χ2v) is 6.25. The molecule has 6 heteroatoms. The molecule has 1 aromatic rings. The molecule has 0 saturated carbocycles. The van der Waals surface area contributed by atoms with Gasteiger partial charge < -0.3 is 14.4 Å². The molecule has 132 valence electrons. The van der Waals surface area contributed by atoms with Gasteiger partial charge in [0, 0.05) is 23.1 Å². The maximum Gasteiger partial charge on any atom is 0.310 e. The third-order valence-electron chi connectivity index (χ3n) is 3.57. The first-order chi connectivity index (χ1) is 11.4. The molecule has 0 aliphatic rings. The first-order valence-corrected chi connectivity index (χ1v) is 8.58. The Kier molecular flexibility index (Phi) is 8.54. The SMILES string of the molecule is C=C(CC(=O)OC)C(=O)N(CCCC)Cc1cc(OC)ccc1Br. The Balaban J connectivity index is 2.94. The lowest BCUT2D eigenvalue weighted by atomic mass is 10.1. The van der Waals surface area contributed by atoms with Crippen LogP contribution in [-0.4, -0.2) is 37.5 Å². The van der Waals surface area contributed by atoms with Gasteiger partial charge in [0.15, 0.2) is 0 Å². The van der Waals surface area contributed by atoms with Crippen LogP contribution in [0.4, 0.5) is 0 Å². The van der Waals surface area contributed by atoms with Crippen LogP contribution >= 0.6 is 15.9 Å². The third kappa shape index (κ3) is 6.00. The van der Waals surface area contributed by atoms with E-state index in [1.54, 1.807) is 12.0 Å². The number of benzene rings is 1. The average molecular weight is 398 g/mol. The van der Waals surface area contributed by atoms with Crippen molar-refractivity contribution < 1.29 is 19.1 Å². The molecule has 0 aliphatic carbocycles. The molecule has 0 N–H and O–H groups in total. The van der Waals surface area contributed by atoms with Gasteiger partial charge in [-0.3, -0.25) is 9.59 Å². The minimum Gasteiger partial charge on any atom is -0.497 e. The Morgan fingerprint density at radius 3 is 2.58 bits per heavy atom. The lowest BCUT2D eigenvalue weighted by Crippen LogP contribution is -2.33. The number of ether oxygens (including phenoxy) is 2. The lowest BCUT2D eigenvalue weighted by molar-refractivity contribution is -0.141. The van der Waals surface area contributed by atoms with Crippen molar-refractivity contribution in [2.24, 2.45) is 0 Å². The zero-order valence-electron chi connectivity index (χ0n) is 14.4. The number of nitrogens with zero attached hydrogens (tertiary/aromatic N) is 1. The van der Waals surface area contributed by atoms with Crippen LogP contribution in [0.15, 0.2) is 34.8 Å². The van der Waals surface area contributed by atoms with Gasteiger partial charge in [0.25, 0.3) is 0 Å². The fourth-order valence-electron chi connectivity index (χ4n) is 2.15. The number of carbonyl (C=O) groups excluding carboxylic acids is 2. The number of halogens is 1. The number of rotatable bonds is 9. The highest BCUT2D eigenvalue weighted by Crippen LogP contribution is 2.24. The van der Waals surface area contributed by atoms with Crippen molar-refractivity contribution in [2.45, 2.75) is 32.7 Å². The summed E-state index contributed by atoms with van der Waals surface area (Å²) in [4.78, 5) is 25.7. The molecule has 0 unspecified atom stereocenters. The van der Waals surface area contributed by atoms with Crippen molar-refractivity contribution in [1.29, 1.82) is 0 Å². The first-order valence-electron chi connectivity index (χ1n) is 7.79. The van der Waals surface area contributed by atoms with Gasteiger partial charge in [0.1, 0.15) is 5.75 Å². The van der Waals surface area contributed by atoms with Crippen LogP contribution in [0.2, 0.25) is 0 Å². The molecule has 0 radical (unpaired) electrons. The predicted molar refractivity (Wildman–Crippen MR) is 96.8 cm³/mol. The Labute approximate surface area is 151 Å².